The Morgan fingerprint density at radius 1 is 1.29 bits per heavy atom. The van der Waals surface area contributed by atoms with Crippen molar-refractivity contribution in [2.24, 2.45) is 0 Å². The molecule has 0 aliphatic rings. The van der Waals surface area contributed by atoms with Gasteiger partial charge in [-0.15, -0.1) is 11.6 Å². The summed E-state index contributed by atoms with van der Waals surface area (Å²) in [5.74, 6) is -0.971. The van der Waals surface area contributed by atoms with E-state index < -0.39 is 18.2 Å². The second-order valence-electron chi connectivity index (χ2n) is 3.76. The number of rotatable bonds is 6. The first-order valence-electron chi connectivity index (χ1n) is 5.28. The molecule has 0 saturated heterocycles. The molecular formula is C12H15ClO4. The molecule has 94 valence electrons. The number of carboxylic acids is 1. The summed E-state index contributed by atoms with van der Waals surface area (Å²) in [4.78, 5) is 10.5. The topological polar surface area (TPSA) is 77.8 Å². The maximum atomic E-state index is 10.5. The van der Waals surface area contributed by atoms with Gasteiger partial charge in [0.15, 0.2) is 0 Å². The second kappa shape index (κ2) is 6.59. The molecule has 0 aromatic heterocycles. The van der Waals surface area contributed by atoms with Gasteiger partial charge in [0.2, 0.25) is 0 Å². The molecular weight excluding hydrogens is 244 g/mol. The van der Waals surface area contributed by atoms with Gasteiger partial charge in [0, 0.05) is 6.42 Å². The minimum Gasteiger partial charge on any atom is -0.481 e. The lowest BCUT2D eigenvalue weighted by atomic mass is 9.96. The number of halogens is 1. The quantitative estimate of drug-likeness (QED) is 0.673. The largest absolute Gasteiger partial charge is 0.481 e. The molecule has 0 fully saturated rings. The van der Waals surface area contributed by atoms with Crippen molar-refractivity contribution in [2.45, 2.75) is 25.0 Å². The average Bonchev–Trinajstić information content (AvgIpc) is 2.34. The van der Waals surface area contributed by atoms with E-state index in [9.17, 15) is 15.0 Å². The smallest absolute Gasteiger partial charge is 0.303 e. The van der Waals surface area contributed by atoms with Crippen LogP contribution in [0.25, 0.3) is 0 Å². The fraction of sp³-hybridized carbons (Fsp3) is 0.417. The minimum atomic E-state index is -1.09. The van der Waals surface area contributed by atoms with Crippen LogP contribution in [0.2, 0.25) is 0 Å². The normalized spacial score (nSPS) is 14.3. The third kappa shape index (κ3) is 4.00. The summed E-state index contributed by atoms with van der Waals surface area (Å²) in [6, 6.07) is 6.89. The van der Waals surface area contributed by atoms with E-state index in [0.29, 0.717) is 17.5 Å². The third-order valence-electron chi connectivity index (χ3n) is 2.50. The highest BCUT2D eigenvalue weighted by Gasteiger charge is 2.20. The molecule has 17 heavy (non-hydrogen) atoms. The Hall–Kier alpha value is -1.10. The first-order valence-corrected chi connectivity index (χ1v) is 5.81. The van der Waals surface area contributed by atoms with E-state index in [2.05, 4.69) is 0 Å². The van der Waals surface area contributed by atoms with Gasteiger partial charge in [-0.05, 0) is 17.5 Å². The molecule has 1 aromatic rings. The lowest BCUT2D eigenvalue weighted by molar-refractivity contribution is -0.136. The number of hydrogen-bond acceptors (Lipinski definition) is 3. The fourth-order valence-corrected chi connectivity index (χ4v) is 1.75. The van der Waals surface area contributed by atoms with Gasteiger partial charge >= 0.3 is 5.97 Å². The van der Waals surface area contributed by atoms with Crippen molar-refractivity contribution in [2.75, 3.05) is 5.88 Å². The summed E-state index contributed by atoms with van der Waals surface area (Å²) in [5, 5.41) is 28.0. The van der Waals surface area contributed by atoms with Crippen LogP contribution in [-0.4, -0.2) is 33.3 Å². The van der Waals surface area contributed by atoms with Crippen molar-refractivity contribution >= 4 is 17.6 Å². The number of benzene rings is 1. The molecule has 0 aliphatic carbocycles. The van der Waals surface area contributed by atoms with Gasteiger partial charge in [-0.3, -0.25) is 4.79 Å². The maximum Gasteiger partial charge on any atom is 0.303 e. The number of carboxylic acid groups (broad SMARTS) is 1. The van der Waals surface area contributed by atoms with Crippen LogP contribution < -0.4 is 0 Å². The van der Waals surface area contributed by atoms with E-state index in [4.69, 9.17) is 16.7 Å². The number of alkyl halides is 1. The number of aliphatic hydroxyl groups excluding tert-OH is 2. The molecule has 1 rings (SSSR count). The second-order valence-corrected chi connectivity index (χ2v) is 4.07. The van der Waals surface area contributed by atoms with Crippen molar-refractivity contribution in [1.29, 1.82) is 0 Å². The zero-order chi connectivity index (χ0) is 12.8. The van der Waals surface area contributed by atoms with E-state index in [1.807, 2.05) is 0 Å². The predicted octanol–water partition coefficient (Wildman–Crippen LogP) is 1.34. The minimum absolute atomic E-state index is 0.0132. The summed E-state index contributed by atoms with van der Waals surface area (Å²) in [6.07, 6.45) is -1.83. The van der Waals surface area contributed by atoms with Gasteiger partial charge in [0.25, 0.3) is 0 Å². The Labute approximate surface area is 104 Å². The third-order valence-corrected chi connectivity index (χ3v) is 2.82. The molecule has 5 heteroatoms. The van der Waals surface area contributed by atoms with Gasteiger partial charge in [0.1, 0.15) is 6.10 Å². The maximum absolute atomic E-state index is 10.5. The van der Waals surface area contributed by atoms with Crippen molar-refractivity contribution in [1.82, 2.24) is 0 Å². The summed E-state index contributed by atoms with van der Waals surface area (Å²) >= 11 is 5.47. The number of aryl methyl sites for hydroxylation is 1. The Balaban J connectivity index is 2.87. The van der Waals surface area contributed by atoms with Crippen LogP contribution in [0, 0.1) is 0 Å². The summed E-state index contributed by atoms with van der Waals surface area (Å²) in [5.41, 5.74) is 1.24. The van der Waals surface area contributed by atoms with Crippen LogP contribution in [0.4, 0.5) is 0 Å². The molecule has 0 aliphatic heterocycles. The van der Waals surface area contributed by atoms with E-state index in [1.165, 1.54) is 0 Å². The van der Waals surface area contributed by atoms with Gasteiger partial charge in [-0.25, -0.2) is 0 Å². The Morgan fingerprint density at radius 2 is 1.94 bits per heavy atom. The van der Waals surface area contributed by atoms with Crippen LogP contribution >= 0.6 is 11.6 Å². The van der Waals surface area contributed by atoms with Gasteiger partial charge in [-0.2, -0.15) is 0 Å². The monoisotopic (exact) mass is 258 g/mol. The Kier molecular flexibility index (Phi) is 5.41. The standard InChI is InChI=1S/C12H15ClO4/c13-7-10(14)12(17)9-4-2-1-3-8(9)5-6-11(15)16/h1-4,10,12,14,17H,5-7H2,(H,15,16). The number of carbonyl (C=O) groups is 1. The lowest BCUT2D eigenvalue weighted by Crippen LogP contribution is -2.21. The number of aliphatic carboxylic acids is 1. The highest BCUT2D eigenvalue weighted by atomic mass is 35.5. The van der Waals surface area contributed by atoms with Gasteiger partial charge < -0.3 is 15.3 Å². The summed E-state index contributed by atoms with van der Waals surface area (Å²) < 4.78 is 0. The Bertz CT molecular complexity index is 381. The van der Waals surface area contributed by atoms with E-state index >= 15 is 0 Å². The highest BCUT2D eigenvalue weighted by Crippen LogP contribution is 2.22. The van der Waals surface area contributed by atoms with Crippen LogP contribution in [0.1, 0.15) is 23.7 Å². The number of aliphatic hydroxyl groups is 2. The molecule has 0 saturated carbocycles. The molecule has 4 nitrogen and oxygen atoms in total. The molecule has 0 spiro atoms. The van der Waals surface area contributed by atoms with Crippen molar-refractivity contribution in [3.63, 3.8) is 0 Å². The van der Waals surface area contributed by atoms with E-state index in [0.717, 1.165) is 0 Å². The molecule has 0 heterocycles. The zero-order valence-corrected chi connectivity index (χ0v) is 9.97. The van der Waals surface area contributed by atoms with Crippen LogP contribution in [0.15, 0.2) is 24.3 Å². The van der Waals surface area contributed by atoms with Gasteiger partial charge in [-0.1, -0.05) is 24.3 Å². The predicted molar refractivity (Wildman–Crippen MR) is 64.1 cm³/mol. The van der Waals surface area contributed by atoms with E-state index in [1.54, 1.807) is 24.3 Å². The van der Waals surface area contributed by atoms with Crippen molar-refractivity contribution in [3.8, 4) is 0 Å². The Morgan fingerprint density at radius 3 is 2.53 bits per heavy atom. The molecule has 0 bridgehead atoms. The highest BCUT2D eigenvalue weighted by molar-refractivity contribution is 6.18. The van der Waals surface area contributed by atoms with Gasteiger partial charge in [0.05, 0.1) is 12.0 Å². The lowest BCUT2D eigenvalue weighted by Gasteiger charge is -2.18. The first-order chi connectivity index (χ1) is 8.06. The van der Waals surface area contributed by atoms with Crippen LogP contribution in [0.3, 0.4) is 0 Å². The SMILES string of the molecule is O=C(O)CCc1ccccc1C(O)C(O)CCl. The zero-order valence-electron chi connectivity index (χ0n) is 9.21. The summed E-state index contributed by atoms with van der Waals surface area (Å²) in [7, 11) is 0. The summed E-state index contributed by atoms with van der Waals surface area (Å²) in [6.45, 7) is 0. The molecule has 2 atom stereocenters. The van der Waals surface area contributed by atoms with Crippen LogP contribution in [0.5, 0.6) is 0 Å². The van der Waals surface area contributed by atoms with Crippen molar-refractivity contribution in [3.05, 3.63) is 35.4 Å². The number of hydrogen-bond donors (Lipinski definition) is 3. The average molecular weight is 259 g/mol. The van der Waals surface area contributed by atoms with Crippen LogP contribution in [-0.2, 0) is 11.2 Å². The first kappa shape index (κ1) is 14.0. The molecule has 0 amide bonds. The molecule has 2 unspecified atom stereocenters. The molecule has 3 N–H and O–H groups in total. The molecule has 0 radical (unpaired) electrons. The fourth-order valence-electron chi connectivity index (χ4n) is 1.58. The van der Waals surface area contributed by atoms with E-state index in [-0.39, 0.29) is 12.3 Å². The molecule has 1 aromatic carbocycles. The van der Waals surface area contributed by atoms with Crippen molar-refractivity contribution < 1.29 is 20.1 Å².